The summed E-state index contributed by atoms with van der Waals surface area (Å²) in [6.45, 7) is 7.81. The van der Waals surface area contributed by atoms with Crippen molar-refractivity contribution in [1.82, 2.24) is 0 Å². The molecular weight excluding hydrogens is 323 g/mol. The van der Waals surface area contributed by atoms with Crippen LogP contribution in [0.15, 0.2) is 10.3 Å². The van der Waals surface area contributed by atoms with Gasteiger partial charge in [0.1, 0.15) is 6.61 Å². The van der Waals surface area contributed by atoms with Gasteiger partial charge in [-0.25, -0.2) is 0 Å². The fourth-order valence-corrected chi connectivity index (χ4v) is 0.297. The summed E-state index contributed by atoms with van der Waals surface area (Å²) in [5, 5.41) is 29.5. The molecule has 1 saturated heterocycles. The summed E-state index contributed by atoms with van der Waals surface area (Å²) < 4.78 is 0. The van der Waals surface area contributed by atoms with Crippen molar-refractivity contribution in [3.63, 3.8) is 0 Å². The van der Waals surface area contributed by atoms with E-state index in [-0.39, 0.29) is 29.6 Å². The molecule has 1 fully saturated rings. The molecule has 1 aliphatic heterocycles. The van der Waals surface area contributed by atoms with Crippen LogP contribution in [-0.4, -0.2) is 59.8 Å². The zero-order valence-electron chi connectivity index (χ0n) is 14.3. The molecule has 0 aromatic heterocycles. The molecule has 0 aliphatic carbocycles. The minimum Gasteiger partial charge on any atom is -0.857 e. The number of nitrogens with zero attached hydrogens (tertiary/aromatic N) is 2. The molecule has 0 saturated carbocycles. The summed E-state index contributed by atoms with van der Waals surface area (Å²) in [5.41, 5.74) is 1.62. The van der Waals surface area contributed by atoms with Gasteiger partial charge in [-0.1, -0.05) is 10.3 Å². The van der Waals surface area contributed by atoms with Crippen LogP contribution in [-0.2, 0) is 4.84 Å². The molecule has 1 rings (SSSR count). The van der Waals surface area contributed by atoms with Crippen LogP contribution in [0, 0.1) is 0 Å². The summed E-state index contributed by atoms with van der Waals surface area (Å²) in [6, 6.07) is 0. The van der Waals surface area contributed by atoms with Crippen molar-refractivity contribution in [2.45, 2.75) is 27.7 Å². The predicted octanol–water partition coefficient (Wildman–Crippen LogP) is -1.49. The van der Waals surface area contributed by atoms with Crippen LogP contribution in [0.5, 0.6) is 0 Å². The number of thioether (sulfide) groups is 1. The Morgan fingerprint density at radius 1 is 1.14 bits per heavy atom. The molecule has 0 spiro atoms. The number of hydrogen-bond acceptors (Lipinski definition) is 8. The van der Waals surface area contributed by atoms with Gasteiger partial charge in [0.2, 0.25) is 0 Å². The van der Waals surface area contributed by atoms with Crippen molar-refractivity contribution < 1.29 is 49.8 Å². The summed E-state index contributed by atoms with van der Waals surface area (Å²) in [4.78, 5) is 4.76. The Hall–Kier alpha value is 0.560. The van der Waals surface area contributed by atoms with Crippen molar-refractivity contribution >= 4 is 35.8 Å². The van der Waals surface area contributed by atoms with Crippen molar-refractivity contribution in [1.29, 1.82) is 0 Å². The molecule has 0 aromatic rings. The third-order valence-corrected chi connectivity index (χ3v) is 1.42. The second-order valence-corrected chi connectivity index (χ2v) is 4.93. The zero-order chi connectivity index (χ0) is 16.8. The van der Waals surface area contributed by atoms with Crippen LogP contribution >= 0.6 is 24.4 Å². The number of aliphatic hydroxyl groups is 1. The van der Waals surface area contributed by atoms with Gasteiger partial charge in [0, 0.05) is 24.4 Å². The van der Waals surface area contributed by atoms with Gasteiger partial charge in [0.05, 0.1) is 11.4 Å². The molecule has 0 atom stereocenters. The van der Waals surface area contributed by atoms with Gasteiger partial charge in [0.25, 0.3) is 0 Å². The molecule has 1 aliphatic rings. The van der Waals surface area contributed by atoms with Crippen LogP contribution < -0.4 is 34.7 Å². The van der Waals surface area contributed by atoms with Gasteiger partial charge in [0.15, 0.2) is 0 Å². The number of oxime groups is 2. The number of aliphatic hydroxyl groups excluding tert-OH is 1. The average molecular weight is 352 g/mol. The minimum atomic E-state index is 0. The fourth-order valence-electron chi connectivity index (χ4n) is 0.216. The molecule has 0 unspecified atom stereocenters. The Bertz CT molecular complexity index is 209. The topological polar surface area (TPSA) is 97.5 Å². The van der Waals surface area contributed by atoms with E-state index >= 15 is 0 Å². The molecular formula is C12H29N2NaO4S2. The first kappa shape index (κ1) is 33.2. The molecule has 124 valence electrons. The van der Waals surface area contributed by atoms with E-state index < -0.39 is 0 Å². The van der Waals surface area contributed by atoms with E-state index in [1.165, 1.54) is 11.5 Å². The first-order chi connectivity index (χ1) is 9.54. The first-order valence-corrected chi connectivity index (χ1v) is 7.65. The first-order valence-electron chi connectivity index (χ1n) is 5.87. The van der Waals surface area contributed by atoms with Crippen molar-refractivity contribution in [3.05, 3.63) is 0 Å². The maximum absolute atomic E-state index is 8.25. The molecule has 2 N–H and O–H groups in total. The zero-order valence-corrected chi connectivity index (χ0v) is 18.0. The molecule has 0 aromatic carbocycles. The Labute approximate surface area is 161 Å². The van der Waals surface area contributed by atoms with Crippen LogP contribution in [0.4, 0.5) is 0 Å². The fraction of sp³-hybridized carbons (Fsp3) is 0.833. The van der Waals surface area contributed by atoms with Gasteiger partial charge in [-0.05, 0) is 27.7 Å². The quantitative estimate of drug-likeness (QED) is 0.109. The summed E-state index contributed by atoms with van der Waals surface area (Å²) >= 11 is 5.93. The van der Waals surface area contributed by atoms with Gasteiger partial charge in [-0.3, -0.25) is 0 Å². The van der Waals surface area contributed by atoms with Crippen LogP contribution in [0.2, 0.25) is 0 Å². The Morgan fingerprint density at radius 2 is 1.48 bits per heavy atom. The third-order valence-electron chi connectivity index (χ3n) is 0.834. The SMILES string of the molecule is C1CS1.CC(C)=NO.CC(C)=NOCCS.CO.C[O-].[Na+]. The molecule has 21 heavy (non-hydrogen) atoms. The van der Waals surface area contributed by atoms with Gasteiger partial charge < -0.3 is 20.3 Å². The van der Waals surface area contributed by atoms with Gasteiger partial charge >= 0.3 is 29.6 Å². The standard InChI is InChI=1S/C5H11NOS.C3H7NO.C2H4S.CH4O.CH3O.Na/c1-5(2)6-7-3-4-8;1-3(2)4-5;1-2-3-1;2*1-2;/h8H,3-4H2,1-2H3;5H,1-2H3;1-2H2;2H,1H3;1H3;/q;;;;-1;+1. The van der Waals surface area contributed by atoms with Crippen molar-refractivity contribution in [2.75, 3.05) is 38.1 Å². The number of rotatable bonds is 3. The summed E-state index contributed by atoms with van der Waals surface area (Å²) in [7, 11) is 1.75. The predicted molar refractivity (Wildman–Crippen MR) is 90.5 cm³/mol. The van der Waals surface area contributed by atoms with E-state index in [0.29, 0.717) is 12.3 Å². The normalized spacial score (nSPS) is 8.81. The van der Waals surface area contributed by atoms with E-state index in [4.69, 9.17) is 20.3 Å². The van der Waals surface area contributed by atoms with Crippen LogP contribution in [0.25, 0.3) is 0 Å². The maximum Gasteiger partial charge on any atom is 1.00 e. The minimum absolute atomic E-state index is 0. The van der Waals surface area contributed by atoms with Crippen LogP contribution in [0.1, 0.15) is 27.7 Å². The molecule has 0 amide bonds. The third kappa shape index (κ3) is 96.7. The van der Waals surface area contributed by atoms with Crippen LogP contribution in [0.3, 0.4) is 0 Å². The molecule has 9 heteroatoms. The second kappa shape index (κ2) is 37.1. The van der Waals surface area contributed by atoms with E-state index in [2.05, 4.69) is 22.9 Å². The summed E-state index contributed by atoms with van der Waals surface area (Å²) in [6.07, 6.45) is 0. The van der Waals surface area contributed by atoms with E-state index in [1.807, 2.05) is 25.6 Å². The van der Waals surface area contributed by atoms with E-state index in [0.717, 1.165) is 25.7 Å². The van der Waals surface area contributed by atoms with Gasteiger partial charge in [-0.15, -0.1) is 0 Å². The molecule has 1 heterocycles. The number of thiol groups is 1. The Balaban J connectivity index is -0.0000000566. The number of hydrogen-bond donors (Lipinski definition) is 3. The van der Waals surface area contributed by atoms with E-state index in [9.17, 15) is 0 Å². The average Bonchev–Trinajstić information content (AvgIpc) is 3.32. The Kier molecular flexibility index (Phi) is 58.7. The molecule has 0 bridgehead atoms. The molecule has 6 nitrogen and oxygen atoms in total. The maximum atomic E-state index is 8.25. The molecule has 0 radical (unpaired) electrons. The monoisotopic (exact) mass is 352 g/mol. The van der Waals surface area contributed by atoms with Gasteiger partial charge in [-0.2, -0.15) is 31.5 Å². The van der Waals surface area contributed by atoms with E-state index in [1.54, 1.807) is 13.8 Å². The second-order valence-electron chi connectivity index (χ2n) is 3.25. The smallest absolute Gasteiger partial charge is 0.857 e. The Morgan fingerprint density at radius 3 is 1.62 bits per heavy atom. The summed E-state index contributed by atoms with van der Waals surface area (Å²) in [5.74, 6) is 3.55. The van der Waals surface area contributed by atoms with Crippen molar-refractivity contribution in [3.8, 4) is 0 Å². The largest absolute Gasteiger partial charge is 1.00 e. The van der Waals surface area contributed by atoms with Crippen molar-refractivity contribution in [2.24, 2.45) is 10.3 Å².